The van der Waals surface area contributed by atoms with Crippen LogP contribution in [-0.2, 0) is 16.0 Å². The molecule has 1 N–H and O–H groups in total. The van der Waals surface area contributed by atoms with Gasteiger partial charge in [-0.3, -0.25) is 0 Å². The van der Waals surface area contributed by atoms with Gasteiger partial charge in [0.15, 0.2) is 0 Å². The molecule has 1 amide bonds. The Labute approximate surface area is 174 Å². The number of halogens is 1. The molecule has 0 saturated carbocycles. The number of ether oxygens (including phenoxy) is 2. The number of morpholine rings is 1. The lowest BCUT2D eigenvalue weighted by atomic mass is 10.1. The smallest absolute Gasteiger partial charge is 0.420 e. The molecule has 7 nitrogen and oxygen atoms in total. The van der Waals surface area contributed by atoms with E-state index in [1.165, 1.54) is 11.0 Å². The molecule has 2 fully saturated rings. The highest BCUT2D eigenvalue weighted by atomic mass is 19.1. The van der Waals surface area contributed by atoms with E-state index in [9.17, 15) is 4.79 Å². The van der Waals surface area contributed by atoms with E-state index in [4.69, 9.17) is 9.47 Å². The summed E-state index contributed by atoms with van der Waals surface area (Å²) < 4.78 is 26.6. The van der Waals surface area contributed by atoms with Gasteiger partial charge in [0, 0.05) is 30.9 Å². The van der Waals surface area contributed by atoms with Crippen molar-refractivity contribution in [3.8, 4) is 0 Å². The Balaban J connectivity index is 1.59. The van der Waals surface area contributed by atoms with Gasteiger partial charge in [-0.25, -0.2) is 19.1 Å². The minimum atomic E-state index is -0.695. The summed E-state index contributed by atoms with van der Waals surface area (Å²) in [5.41, 5.74) is 1.72. The molecule has 2 saturated heterocycles. The number of carbonyl (C=O) groups is 1. The van der Waals surface area contributed by atoms with Crippen molar-refractivity contribution >= 4 is 29.0 Å². The van der Waals surface area contributed by atoms with Gasteiger partial charge in [-0.1, -0.05) is 6.07 Å². The first kappa shape index (κ1) is 19.1. The fourth-order valence-electron chi connectivity index (χ4n) is 4.36. The van der Waals surface area contributed by atoms with Gasteiger partial charge in [0.05, 0.1) is 35.8 Å². The SMILES string of the molecule is CC(C)(C)OC(=O)N1c2cc(F)c(N3C[C@@H]4C[C@H]3CO4)cc2NCc2cccnc21. The number of aromatic nitrogens is 1. The van der Waals surface area contributed by atoms with Crippen LogP contribution in [0.4, 0.5) is 32.1 Å². The van der Waals surface area contributed by atoms with E-state index in [1.807, 2.05) is 12.1 Å². The predicted molar refractivity (Wildman–Crippen MR) is 112 cm³/mol. The monoisotopic (exact) mass is 412 g/mol. The third-order valence-corrected chi connectivity index (χ3v) is 5.64. The molecule has 3 aliphatic heterocycles. The molecule has 3 aliphatic rings. The molecule has 4 heterocycles. The van der Waals surface area contributed by atoms with Gasteiger partial charge in [-0.2, -0.15) is 0 Å². The summed E-state index contributed by atoms with van der Waals surface area (Å²) in [7, 11) is 0. The highest BCUT2D eigenvalue weighted by Gasteiger charge is 2.41. The van der Waals surface area contributed by atoms with Gasteiger partial charge in [0.2, 0.25) is 0 Å². The van der Waals surface area contributed by atoms with Crippen LogP contribution < -0.4 is 15.1 Å². The van der Waals surface area contributed by atoms with Crippen LogP contribution in [0.25, 0.3) is 0 Å². The summed E-state index contributed by atoms with van der Waals surface area (Å²) in [4.78, 5) is 21.0. The Hall–Kier alpha value is -2.87. The number of nitrogens with one attached hydrogen (secondary N) is 1. The maximum Gasteiger partial charge on any atom is 0.420 e. The minimum Gasteiger partial charge on any atom is -0.443 e. The number of hydrogen-bond donors (Lipinski definition) is 1. The standard InChI is InChI=1S/C22H25FN4O3/c1-22(2,3)30-21(28)27-19-8-16(23)18(26-11-15-7-14(26)12-29-15)9-17(19)25-10-13-5-4-6-24-20(13)27/h4-6,8-9,14-15,25H,7,10-12H2,1-3H3/t14-,15-/m0/s1. The number of fused-ring (bicyclic) bond motifs is 4. The summed E-state index contributed by atoms with van der Waals surface area (Å²) in [6.07, 6.45) is 2.11. The molecule has 1 aromatic heterocycles. The Kier molecular flexibility index (Phi) is 4.36. The predicted octanol–water partition coefficient (Wildman–Crippen LogP) is 4.20. The Morgan fingerprint density at radius 1 is 1.33 bits per heavy atom. The van der Waals surface area contributed by atoms with E-state index < -0.39 is 11.7 Å². The van der Waals surface area contributed by atoms with E-state index in [0.717, 1.165) is 12.0 Å². The van der Waals surface area contributed by atoms with Crippen molar-refractivity contribution in [2.75, 3.05) is 28.3 Å². The third-order valence-electron chi connectivity index (χ3n) is 5.64. The van der Waals surface area contributed by atoms with Crippen molar-refractivity contribution in [1.82, 2.24) is 4.98 Å². The maximum absolute atomic E-state index is 15.3. The van der Waals surface area contributed by atoms with Crippen molar-refractivity contribution in [3.05, 3.63) is 41.8 Å². The molecule has 0 unspecified atom stereocenters. The molecule has 30 heavy (non-hydrogen) atoms. The second-order valence-corrected chi connectivity index (χ2v) is 8.97. The summed E-state index contributed by atoms with van der Waals surface area (Å²) in [6, 6.07) is 7.09. The Morgan fingerprint density at radius 3 is 2.87 bits per heavy atom. The quantitative estimate of drug-likeness (QED) is 0.757. The van der Waals surface area contributed by atoms with Crippen LogP contribution in [0, 0.1) is 5.82 Å². The molecule has 0 radical (unpaired) electrons. The number of rotatable bonds is 1. The molecule has 0 aliphatic carbocycles. The fraction of sp³-hybridized carbons (Fsp3) is 0.455. The topological polar surface area (TPSA) is 66.9 Å². The third kappa shape index (κ3) is 3.25. The first-order valence-electron chi connectivity index (χ1n) is 10.2. The van der Waals surface area contributed by atoms with Gasteiger partial charge < -0.3 is 19.7 Å². The fourth-order valence-corrected chi connectivity index (χ4v) is 4.36. The second-order valence-electron chi connectivity index (χ2n) is 8.97. The van der Waals surface area contributed by atoms with Gasteiger partial charge >= 0.3 is 6.09 Å². The summed E-state index contributed by atoms with van der Waals surface area (Å²) in [5.74, 6) is 0.0646. The first-order chi connectivity index (χ1) is 14.3. The summed E-state index contributed by atoms with van der Waals surface area (Å²) in [6.45, 7) is 7.17. The van der Waals surface area contributed by atoms with Crippen LogP contribution in [-0.4, -0.2) is 42.0 Å². The average molecular weight is 412 g/mol. The van der Waals surface area contributed by atoms with E-state index >= 15 is 4.39 Å². The minimum absolute atomic E-state index is 0.160. The van der Waals surface area contributed by atoms with Gasteiger partial charge in [-0.05, 0) is 39.3 Å². The molecule has 2 atom stereocenters. The highest BCUT2D eigenvalue weighted by molar-refractivity contribution is 6.01. The van der Waals surface area contributed by atoms with Crippen molar-refractivity contribution in [2.45, 2.75) is 51.5 Å². The molecule has 5 rings (SSSR count). The lowest BCUT2D eigenvalue weighted by Gasteiger charge is -2.31. The second kappa shape index (κ2) is 6.84. The van der Waals surface area contributed by atoms with Crippen LogP contribution in [0.2, 0.25) is 0 Å². The largest absolute Gasteiger partial charge is 0.443 e. The zero-order chi connectivity index (χ0) is 21.0. The van der Waals surface area contributed by atoms with E-state index in [-0.39, 0.29) is 18.0 Å². The molecule has 2 bridgehead atoms. The highest BCUT2D eigenvalue weighted by Crippen LogP contribution is 2.43. The number of carbonyl (C=O) groups excluding carboxylic acids is 1. The number of benzene rings is 1. The summed E-state index contributed by atoms with van der Waals surface area (Å²) in [5, 5.41) is 3.35. The first-order valence-corrected chi connectivity index (χ1v) is 10.2. The van der Waals surface area contributed by atoms with Crippen molar-refractivity contribution in [3.63, 3.8) is 0 Å². The van der Waals surface area contributed by atoms with Crippen LogP contribution in [0.15, 0.2) is 30.5 Å². The van der Waals surface area contributed by atoms with E-state index in [1.54, 1.807) is 33.0 Å². The van der Waals surface area contributed by atoms with E-state index in [2.05, 4.69) is 15.2 Å². The molecule has 0 spiro atoms. The van der Waals surface area contributed by atoms with Crippen LogP contribution in [0.1, 0.15) is 32.8 Å². The molecule has 158 valence electrons. The Morgan fingerprint density at radius 2 is 2.17 bits per heavy atom. The van der Waals surface area contributed by atoms with Gasteiger partial charge in [0.25, 0.3) is 0 Å². The number of pyridine rings is 1. The molecule has 8 heteroatoms. The van der Waals surface area contributed by atoms with Crippen molar-refractivity contribution < 1.29 is 18.7 Å². The average Bonchev–Trinajstić information content (AvgIpc) is 3.26. The molecule has 2 aromatic rings. The molecular weight excluding hydrogens is 387 g/mol. The number of anilines is 4. The van der Waals surface area contributed by atoms with Crippen molar-refractivity contribution in [2.24, 2.45) is 0 Å². The Bertz CT molecular complexity index is 1010. The van der Waals surface area contributed by atoms with Crippen molar-refractivity contribution in [1.29, 1.82) is 0 Å². The van der Waals surface area contributed by atoms with Crippen LogP contribution in [0.3, 0.4) is 0 Å². The number of nitrogens with zero attached hydrogens (tertiary/aromatic N) is 3. The summed E-state index contributed by atoms with van der Waals surface area (Å²) >= 11 is 0. The maximum atomic E-state index is 15.3. The van der Waals surface area contributed by atoms with Crippen LogP contribution in [0.5, 0.6) is 0 Å². The number of hydrogen-bond acceptors (Lipinski definition) is 6. The number of amides is 1. The lowest BCUT2D eigenvalue weighted by Crippen LogP contribution is -2.37. The zero-order valence-electron chi connectivity index (χ0n) is 17.3. The van der Waals surface area contributed by atoms with Gasteiger partial charge in [0.1, 0.15) is 17.2 Å². The van der Waals surface area contributed by atoms with Gasteiger partial charge in [-0.15, -0.1) is 0 Å². The molecule has 1 aromatic carbocycles. The zero-order valence-corrected chi connectivity index (χ0v) is 17.3. The lowest BCUT2D eigenvalue weighted by molar-refractivity contribution is 0.0598. The van der Waals surface area contributed by atoms with E-state index in [0.29, 0.717) is 42.6 Å². The molecular formula is C22H25FN4O3. The normalized spacial score (nSPS) is 22.3. The van der Waals surface area contributed by atoms with Crippen LogP contribution >= 0.6 is 0 Å².